The van der Waals surface area contributed by atoms with Gasteiger partial charge in [-0.1, -0.05) is 83.0 Å². The zero-order valence-electron chi connectivity index (χ0n) is 12.9. The molecule has 0 aromatic heterocycles. The maximum Gasteiger partial charge on any atom is 0.0660 e. The second-order valence-corrected chi connectivity index (χ2v) is 7.04. The molecule has 1 atom stereocenters. The highest BCUT2D eigenvalue weighted by Gasteiger charge is 2.19. The van der Waals surface area contributed by atoms with E-state index >= 15 is 0 Å². The number of aryl methyl sites for hydroxylation is 3. The lowest BCUT2D eigenvalue weighted by atomic mass is 9.89. The number of rotatable bonds is 5. The van der Waals surface area contributed by atoms with Gasteiger partial charge < -0.3 is 0 Å². The minimum atomic E-state index is 0.240. The summed E-state index contributed by atoms with van der Waals surface area (Å²) in [7, 11) is 0. The van der Waals surface area contributed by atoms with Crippen molar-refractivity contribution in [3.8, 4) is 0 Å². The third kappa shape index (κ3) is 3.60. The van der Waals surface area contributed by atoms with Gasteiger partial charge in [0, 0.05) is 4.47 Å². The van der Waals surface area contributed by atoms with Crippen LogP contribution >= 0.6 is 31.9 Å². The van der Waals surface area contributed by atoms with E-state index in [-0.39, 0.29) is 4.83 Å². The first-order valence-corrected chi connectivity index (χ1v) is 9.36. The van der Waals surface area contributed by atoms with Crippen molar-refractivity contribution < 1.29 is 0 Å². The average molecular weight is 410 g/mol. The van der Waals surface area contributed by atoms with Crippen LogP contribution in [-0.4, -0.2) is 0 Å². The minimum absolute atomic E-state index is 0.240. The van der Waals surface area contributed by atoms with Gasteiger partial charge in [0.1, 0.15) is 0 Å². The van der Waals surface area contributed by atoms with Crippen molar-refractivity contribution in [1.29, 1.82) is 0 Å². The minimum Gasteiger partial charge on any atom is -0.0786 e. The molecular weight excluding hydrogens is 388 g/mol. The molecule has 0 amide bonds. The molecule has 0 nitrogen and oxygen atoms in total. The summed E-state index contributed by atoms with van der Waals surface area (Å²) in [5.74, 6) is 0. The van der Waals surface area contributed by atoms with Gasteiger partial charge in [0.15, 0.2) is 0 Å². The van der Waals surface area contributed by atoms with Gasteiger partial charge in [0.2, 0.25) is 0 Å². The molecule has 1 unspecified atom stereocenters. The Kier molecular flexibility index (Phi) is 6.07. The Bertz CT molecular complexity index is 592. The van der Waals surface area contributed by atoms with E-state index in [1.54, 1.807) is 0 Å². The molecule has 112 valence electrons. The number of halogens is 2. The predicted molar refractivity (Wildman–Crippen MR) is 99.5 cm³/mol. The van der Waals surface area contributed by atoms with Crippen LogP contribution in [0.2, 0.25) is 0 Å². The summed E-state index contributed by atoms with van der Waals surface area (Å²) >= 11 is 7.63. The Morgan fingerprint density at radius 1 is 0.905 bits per heavy atom. The maximum absolute atomic E-state index is 3.94. The molecule has 0 aliphatic carbocycles. The van der Waals surface area contributed by atoms with Crippen LogP contribution in [0.15, 0.2) is 40.9 Å². The van der Waals surface area contributed by atoms with Crippen LogP contribution in [0.1, 0.15) is 53.4 Å². The molecule has 0 bridgehead atoms. The van der Waals surface area contributed by atoms with E-state index in [2.05, 4.69) is 89.0 Å². The lowest BCUT2D eigenvalue weighted by Crippen LogP contribution is -2.05. The van der Waals surface area contributed by atoms with Gasteiger partial charge in [-0.15, -0.1) is 0 Å². The van der Waals surface area contributed by atoms with Crippen molar-refractivity contribution >= 4 is 31.9 Å². The fourth-order valence-electron chi connectivity index (χ4n) is 2.80. The van der Waals surface area contributed by atoms with Crippen molar-refractivity contribution in [3.63, 3.8) is 0 Å². The number of alkyl halides is 1. The van der Waals surface area contributed by atoms with E-state index in [0.717, 1.165) is 23.7 Å². The molecular formula is C19H22Br2. The highest BCUT2D eigenvalue weighted by Crippen LogP contribution is 2.39. The summed E-state index contributed by atoms with van der Waals surface area (Å²) in [6.07, 6.45) is 3.24. The summed E-state index contributed by atoms with van der Waals surface area (Å²) in [5, 5.41) is 0. The first-order valence-electron chi connectivity index (χ1n) is 7.65. The molecule has 0 saturated carbocycles. The summed E-state index contributed by atoms with van der Waals surface area (Å²) in [4.78, 5) is 0.240. The predicted octanol–water partition coefficient (Wildman–Crippen LogP) is 6.62. The van der Waals surface area contributed by atoms with Gasteiger partial charge in [0.05, 0.1) is 4.83 Å². The third-order valence-electron chi connectivity index (χ3n) is 4.01. The summed E-state index contributed by atoms with van der Waals surface area (Å²) < 4.78 is 1.16. The van der Waals surface area contributed by atoms with Gasteiger partial charge in [-0.2, -0.15) is 0 Å². The quantitative estimate of drug-likeness (QED) is 0.486. The van der Waals surface area contributed by atoms with Crippen LogP contribution in [0.5, 0.6) is 0 Å². The molecule has 2 aromatic carbocycles. The van der Waals surface area contributed by atoms with Gasteiger partial charge in [-0.25, -0.2) is 0 Å². The monoisotopic (exact) mass is 408 g/mol. The largest absolute Gasteiger partial charge is 0.0786 e. The zero-order chi connectivity index (χ0) is 15.4. The lowest BCUT2D eigenvalue weighted by Gasteiger charge is -2.21. The van der Waals surface area contributed by atoms with E-state index < -0.39 is 0 Å². The van der Waals surface area contributed by atoms with E-state index in [0.29, 0.717) is 0 Å². The molecule has 0 heterocycles. The second kappa shape index (κ2) is 7.60. The van der Waals surface area contributed by atoms with Gasteiger partial charge in [0.25, 0.3) is 0 Å². The zero-order valence-corrected chi connectivity index (χ0v) is 16.1. The lowest BCUT2D eigenvalue weighted by molar-refractivity contribution is 0.972. The second-order valence-electron chi connectivity index (χ2n) is 5.27. The van der Waals surface area contributed by atoms with Crippen molar-refractivity contribution in [2.45, 2.75) is 44.9 Å². The Morgan fingerprint density at radius 3 is 1.95 bits per heavy atom. The fraction of sp³-hybridized carbons (Fsp3) is 0.368. The molecule has 0 fully saturated rings. The van der Waals surface area contributed by atoms with E-state index in [1.807, 2.05) is 0 Å². The Labute approximate surface area is 145 Å². The van der Waals surface area contributed by atoms with E-state index in [1.165, 1.54) is 27.8 Å². The van der Waals surface area contributed by atoms with Crippen molar-refractivity contribution in [2.75, 3.05) is 0 Å². The number of hydrogen-bond donors (Lipinski definition) is 0. The molecule has 2 rings (SSSR count). The highest BCUT2D eigenvalue weighted by molar-refractivity contribution is 9.11. The third-order valence-corrected chi connectivity index (χ3v) is 5.69. The molecule has 0 spiro atoms. The van der Waals surface area contributed by atoms with Crippen LogP contribution in [0.3, 0.4) is 0 Å². The first kappa shape index (κ1) is 16.8. The SMILES string of the molecule is CCc1cc(CC)c(C(Br)c2ccccc2Br)c(CC)c1. The first-order chi connectivity index (χ1) is 10.1. The van der Waals surface area contributed by atoms with Crippen LogP contribution in [0, 0.1) is 0 Å². The summed E-state index contributed by atoms with van der Waals surface area (Å²) in [5.41, 5.74) is 7.11. The molecule has 0 radical (unpaired) electrons. The molecule has 21 heavy (non-hydrogen) atoms. The Morgan fingerprint density at radius 2 is 1.48 bits per heavy atom. The number of benzene rings is 2. The van der Waals surface area contributed by atoms with Crippen LogP contribution in [0.4, 0.5) is 0 Å². The van der Waals surface area contributed by atoms with Gasteiger partial charge in [-0.3, -0.25) is 0 Å². The van der Waals surface area contributed by atoms with E-state index in [4.69, 9.17) is 0 Å². The average Bonchev–Trinajstić information content (AvgIpc) is 2.53. The van der Waals surface area contributed by atoms with Crippen LogP contribution < -0.4 is 0 Å². The Balaban J connectivity index is 2.59. The maximum atomic E-state index is 3.94. The number of hydrogen-bond acceptors (Lipinski definition) is 0. The van der Waals surface area contributed by atoms with E-state index in [9.17, 15) is 0 Å². The molecule has 0 aliphatic rings. The van der Waals surface area contributed by atoms with Gasteiger partial charge in [-0.05, 0) is 53.1 Å². The topological polar surface area (TPSA) is 0 Å². The van der Waals surface area contributed by atoms with Crippen molar-refractivity contribution in [3.05, 3.63) is 68.7 Å². The standard InChI is InChI=1S/C19H22Br2/c1-4-13-11-14(5-2)18(15(6-3)12-13)19(21)16-9-7-8-10-17(16)20/h7-12,19H,4-6H2,1-3H3. The van der Waals surface area contributed by atoms with Crippen LogP contribution in [-0.2, 0) is 19.3 Å². The van der Waals surface area contributed by atoms with Gasteiger partial charge >= 0.3 is 0 Å². The smallest absolute Gasteiger partial charge is 0.0660 e. The normalized spacial score (nSPS) is 12.4. The summed E-state index contributed by atoms with van der Waals surface area (Å²) in [6, 6.07) is 13.2. The Hall–Kier alpha value is -0.600. The molecule has 0 aliphatic heterocycles. The van der Waals surface area contributed by atoms with Crippen LogP contribution in [0.25, 0.3) is 0 Å². The molecule has 2 heteroatoms. The highest BCUT2D eigenvalue weighted by atomic mass is 79.9. The molecule has 0 N–H and O–H groups in total. The van der Waals surface area contributed by atoms with Crippen molar-refractivity contribution in [2.24, 2.45) is 0 Å². The molecule has 0 saturated heterocycles. The van der Waals surface area contributed by atoms with Crippen molar-refractivity contribution in [1.82, 2.24) is 0 Å². The fourth-order valence-corrected chi connectivity index (χ4v) is 4.61. The summed E-state index contributed by atoms with van der Waals surface area (Å²) in [6.45, 7) is 6.72. The molecule has 2 aromatic rings.